The normalized spacial score (nSPS) is 12.7. The molecule has 0 radical (unpaired) electrons. The lowest BCUT2D eigenvalue weighted by Crippen LogP contribution is -2.45. The Bertz CT molecular complexity index is 967. The van der Waals surface area contributed by atoms with Gasteiger partial charge in [0.1, 0.15) is 0 Å². The highest BCUT2D eigenvalue weighted by Gasteiger charge is 2.18. The van der Waals surface area contributed by atoms with Crippen molar-refractivity contribution in [1.82, 2.24) is 5.32 Å². The van der Waals surface area contributed by atoms with Crippen LogP contribution in [0, 0.1) is 0 Å². The van der Waals surface area contributed by atoms with E-state index in [1.54, 1.807) is 6.08 Å². The molecular formula is C65H129NO3. The Morgan fingerprint density at radius 2 is 0.536 bits per heavy atom. The lowest BCUT2D eigenvalue weighted by atomic mass is 10.0. The second-order valence-electron chi connectivity index (χ2n) is 22.6. The summed E-state index contributed by atoms with van der Waals surface area (Å²) in [4.78, 5) is 12.5. The highest BCUT2D eigenvalue weighted by atomic mass is 16.3. The number of carbonyl (C=O) groups is 1. The first-order valence-electron chi connectivity index (χ1n) is 32.4. The van der Waals surface area contributed by atoms with Gasteiger partial charge in [-0.2, -0.15) is 0 Å². The standard InChI is InChI=1S/C65H129NO3/c1-3-5-7-9-11-13-15-17-19-21-23-25-27-29-30-31-32-33-34-35-36-37-39-41-43-45-47-49-51-53-55-57-59-61-65(69)66-63(62-67)64(68)60-58-56-54-52-50-48-46-44-42-40-38-28-26-24-22-20-18-16-14-12-10-8-6-4-2/h58,60,63-64,67-68H,3-57,59,61-62H2,1-2H3,(H,66,69)/b60-58+. The molecule has 0 rings (SSSR count). The van der Waals surface area contributed by atoms with Crippen molar-refractivity contribution < 1.29 is 15.0 Å². The number of allylic oxidation sites excluding steroid dienone is 1. The Kier molecular flexibility index (Phi) is 60.7. The fourth-order valence-corrected chi connectivity index (χ4v) is 10.6. The van der Waals surface area contributed by atoms with Crippen molar-refractivity contribution in [2.24, 2.45) is 0 Å². The van der Waals surface area contributed by atoms with E-state index in [1.165, 1.54) is 334 Å². The van der Waals surface area contributed by atoms with Crippen LogP contribution in [0.2, 0.25) is 0 Å². The van der Waals surface area contributed by atoms with Crippen LogP contribution in [0.3, 0.4) is 0 Å². The number of aliphatic hydroxyl groups is 2. The molecular weight excluding hydrogens is 843 g/mol. The maximum atomic E-state index is 12.5. The second kappa shape index (κ2) is 61.4. The van der Waals surface area contributed by atoms with Gasteiger partial charge in [-0.25, -0.2) is 0 Å². The monoisotopic (exact) mass is 972 g/mol. The predicted molar refractivity (Wildman–Crippen MR) is 309 cm³/mol. The van der Waals surface area contributed by atoms with Crippen LogP contribution in [-0.2, 0) is 4.79 Å². The summed E-state index contributed by atoms with van der Waals surface area (Å²) in [5, 5.41) is 23.3. The fraction of sp³-hybridized carbons (Fsp3) is 0.954. The molecule has 0 fully saturated rings. The van der Waals surface area contributed by atoms with Crippen LogP contribution in [0.25, 0.3) is 0 Å². The van der Waals surface area contributed by atoms with Gasteiger partial charge in [-0.15, -0.1) is 0 Å². The minimum atomic E-state index is -0.836. The van der Waals surface area contributed by atoms with E-state index in [0.29, 0.717) is 6.42 Å². The lowest BCUT2D eigenvalue weighted by Gasteiger charge is -2.20. The average molecular weight is 973 g/mol. The predicted octanol–water partition coefficient (Wildman–Crippen LogP) is 21.7. The molecule has 4 heteroatoms. The fourth-order valence-electron chi connectivity index (χ4n) is 10.6. The van der Waals surface area contributed by atoms with Crippen LogP contribution >= 0.6 is 0 Å². The summed E-state index contributed by atoms with van der Waals surface area (Å²) in [7, 11) is 0. The largest absolute Gasteiger partial charge is 0.394 e. The molecule has 3 N–H and O–H groups in total. The van der Waals surface area contributed by atoms with Crippen LogP contribution in [0.1, 0.15) is 380 Å². The van der Waals surface area contributed by atoms with E-state index in [0.717, 1.165) is 25.7 Å². The van der Waals surface area contributed by atoms with Crippen LogP contribution in [0.15, 0.2) is 12.2 Å². The molecule has 1 amide bonds. The molecule has 0 aliphatic rings. The number of aliphatic hydroxyl groups excluding tert-OH is 2. The van der Waals surface area contributed by atoms with Crippen molar-refractivity contribution in [3.05, 3.63) is 12.2 Å². The number of unbranched alkanes of at least 4 members (excludes halogenated alkanes) is 54. The minimum Gasteiger partial charge on any atom is -0.394 e. The van der Waals surface area contributed by atoms with Crippen LogP contribution in [0.5, 0.6) is 0 Å². The number of amides is 1. The van der Waals surface area contributed by atoms with Gasteiger partial charge in [0.15, 0.2) is 0 Å². The van der Waals surface area contributed by atoms with Gasteiger partial charge in [0.25, 0.3) is 0 Å². The van der Waals surface area contributed by atoms with Gasteiger partial charge in [-0.1, -0.05) is 366 Å². The van der Waals surface area contributed by atoms with E-state index < -0.39 is 12.1 Å². The highest BCUT2D eigenvalue weighted by Crippen LogP contribution is 2.19. The molecule has 2 atom stereocenters. The van der Waals surface area contributed by atoms with Gasteiger partial charge in [-0.3, -0.25) is 4.79 Å². The van der Waals surface area contributed by atoms with E-state index in [9.17, 15) is 15.0 Å². The summed E-state index contributed by atoms with van der Waals surface area (Å²) in [6.07, 6.45) is 81.4. The summed E-state index contributed by atoms with van der Waals surface area (Å²) >= 11 is 0. The zero-order valence-electron chi connectivity index (χ0n) is 47.6. The number of carbonyl (C=O) groups excluding carboxylic acids is 1. The topological polar surface area (TPSA) is 69.6 Å². The smallest absolute Gasteiger partial charge is 0.220 e. The maximum Gasteiger partial charge on any atom is 0.220 e. The summed E-state index contributed by atoms with van der Waals surface area (Å²) in [5.74, 6) is -0.0539. The van der Waals surface area contributed by atoms with Gasteiger partial charge in [0.2, 0.25) is 5.91 Å². The summed E-state index contributed by atoms with van der Waals surface area (Å²) in [6.45, 7) is 4.36. The Hall–Kier alpha value is -0.870. The first-order valence-corrected chi connectivity index (χ1v) is 32.4. The maximum absolute atomic E-state index is 12.5. The quantitative estimate of drug-likeness (QED) is 0.0420. The number of nitrogens with one attached hydrogen (secondary N) is 1. The number of rotatable bonds is 61. The lowest BCUT2D eigenvalue weighted by molar-refractivity contribution is -0.123. The van der Waals surface area contributed by atoms with Crippen molar-refractivity contribution in [2.75, 3.05) is 6.61 Å². The molecule has 4 nitrogen and oxygen atoms in total. The molecule has 0 bridgehead atoms. The van der Waals surface area contributed by atoms with Gasteiger partial charge in [0, 0.05) is 6.42 Å². The Labute approximate surface area is 435 Å². The van der Waals surface area contributed by atoms with E-state index >= 15 is 0 Å². The first-order chi connectivity index (χ1) is 34.2. The third-order valence-electron chi connectivity index (χ3n) is 15.5. The number of hydrogen-bond acceptors (Lipinski definition) is 3. The molecule has 2 unspecified atom stereocenters. The molecule has 0 heterocycles. The Morgan fingerprint density at radius 1 is 0.333 bits per heavy atom. The highest BCUT2D eigenvalue weighted by molar-refractivity contribution is 5.76. The average Bonchev–Trinajstić information content (AvgIpc) is 3.35. The van der Waals surface area contributed by atoms with E-state index in [4.69, 9.17) is 0 Å². The van der Waals surface area contributed by atoms with E-state index in [1.807, 2.05) is 6.08 Å². The zero-order chi connectivity index (χ0) is 49.9. The first kappa shape index (κ1) is 68.1. The van der Waals surface area contributed by atoms with Crippen LogP contribution in [0.4, 0.5) is 0 Å². The minimum absolute atomic E-state index is 0.0539. The SMILES string of the molecule is CCCCCCCCCCCCCCCCCCCCCCCC/C=C/C(O)C(CO)NC(=O)CCCCCCCCCCCCCCCCCCCCCCCCCCCCCCCCCCC. The number of hydrogen-bond donors (Lipinski definition) is 3. The molecule has 412 valence electrons. The summed E-state index contributed by atoms with van der Waals surface area (Å²) in [6, 6.07) is -0.619. The second-order valence-corrected chi connectivity index (χ2v) is 22.6. The molecule has 0 spiro atoms. The van der Waals surface area contributed by atoms with E-state index in [2.05, 4.69) is 19.2 Å². The van der Waals surface area contributed by atoms with Gasteiger partial charge >= 0.3 is 0 Å². The van der Waals surface area contributed by atoms with E-state index in [-0.39, 0.29) is 12.5 Å². The molecule has 0 aromatic carbocycles. The van der Waals surface area contributed by atoms with Crippen molar-refractivity contribution in [3.63, 3.8) is 0 Å². The van der Waals surface area contributed by atoms with Crippen molar-refractivity contribution in [3.8, 4) is 0 Å². The van der Waals surface area contributed by atoms with Gasteiger partial charge < -0.3 is 15.5 Å². The third kappa shape index (κ3) is 57.9. The molecule has 69 heavy (non-hydrogen) atoms. The molecule has 0 saturated carbocycles. The molecule has 0 aliphatic heterocycles. The van der Waals surface area contributed by atoms with Crippen molar-refractivity contribution in [2.45, 2.75) is 392 Å². The van der Waals surface area contributed by atoms with Gasteiger partial charge in [-0.05, 0) is 19.3 Å². The molecule has 0 aliphatic carbocycles. The molecule has 0 saturated heterocycles. The Morgan fingerprint density at radius 3 is 0.754 bits per heavy atom. The summed E-state index contributed by atoms with van der Waals surface area (Å²) < 4.78 is 0. The zero-order valence-corrected chi connectivity index (χ0v) is 47.6. The summed E-state index contributed by atoms with van der Waals surface area (Å²) in [5.41, 5.74) is 0. The van der Waals surface area contributed by atoms with Crippen LogP contribution < -0.4 is 5.32 Å². The third-order valence-corrected chi connectivity index (χ3v) is 15.5. The van der Waals surface area contributed by atoms with Crippen LogP contribution in [-0.4, -0.2) is 34.9 Å². The molecule has 0 aromatic heterocycles. The van der Waals surface area contributed by atoms with Crippen molar-refractivity contribution in [1.29, 1.82) is 0 Å². The molecule has 0 aromatic rings. The van der Waals surface area contributed by atoms with Crippen molar-refractivity contribution >= 4 is 5.91 Å². The Balaban J connectivity index is 3.40. The van der Waals surface area contributed by atoms with Gasteiger partial charge in [0.05, 0.1) is 18.8 Å².